The molecule has 0 amide bonds. The third-order valence-corrected chi connectivity index (χ3v) is 1.44. The third kappa shape index (κ3) is 19.8. The molecule has 0 aromatic rings. The fraction of sp³-hybridized carbons (Fsp3) is 1.00. The molecular formula is C7H15N3O12. The number of nitrogens with zero attached hydrogens (tertiary/aromatic N) is 3. The standard InChI is InChI=1S/C4H10O3.C3H5N3O9/c5-1-3-7-4-2-6;7-4(8)13-1-3(15-6(11)12)2-14-5(9)10/h5-6H,1-4H2;3H,1-2H2. The van der Waals surface area contributed by atoms with Gasteiger partial charge in [0.15, 0.2) is 6.10 Å². The maximum Gasteiger partial charge on any atom is 0.294 e. The third-order valence-electron chi connectivity index (χ3n) is 1.44. The Labute approximate surface area is 122 Å². The van der Waals surface area contributed by atoms with Crippen molar-refractivity contribution < 1.29 is 44.7 Å². The summed E-state index contributed by atoms with van der Waals surface area (Å²) < 4.78 is 4.63. The predicted octanol–water partition coefficient (Wildman–Crippen LogP) is -2.03. The number of aliphatic hydroxyl groups excluding tert-OH is 2. The van der Waals surface area contributed by atoms with Gasteiger partial charge in [0, 0.05) is 0 Å². The van der Waals surface area contributed by atoms with Gasteiger partial charge in [-0.25, -0.2) is 0 Å². The molecule has 0 atom stereocenters. The minimum atomic E-state index is -1.55. The van der Waals surface area contributed by atoms with Crippen LogP contribution in [0.15, 0.2) is 0 Å². The molecule has 0 aliphatic carbocycles. The van der Waals surface area contributed by atoms with E-state index in [4.69, 9.17) is 10.2 Å². The number of hydrogen-bond acceptors (Lipinski definition) is 12. The van der Waals surface area contributed by atoms with Gasteiger partial charge in [-0.2, -0.15) is 0 Å². The molecular weight excluding hydrogens is 318 g/mol. The van der Waals surface area contributed by atoms with Crippen LogP contribution in [0.25, 0.3) is 0 Å². The Kier molecular flexibility index (Phi) is 14.7. The summed E-state index contributed by atoms with van der Waals surface area (Å²) in [6.45, 7) is -0.995. The zero-order chi connectivity index (χ0) is 17.4. The maximum absolute atomic E-state index is 9.83. The molecule has 0 saturated heterocycles. The second-order valence-electron chi connectivity index (χ2n) is 3.05. The maximum atomic E-state index is 9.83. The minimum Gasteiger partial charge on any atom is -0.394 e. The van der Waals surface area contributed by atoms with Crippen molar-refractivity contribution in [1.29, 1.82) is 0 Å². The molecule has 0 unspecified atom stereocenters. The topological polar surface area (TPSA) is 207 Å². The lowest BCUT2D eigenvalue weighted by molar-refractivity contribution is -0.803. The van der Waals surface area contributed by atoms with E-state index in [1.807, 2.05) is 0 Å². The smallest absolute Gasteiger partial charge is 0.294 e. The summed E-state index contributed by atoms with van der Waals surface area (Å²) in [5, 5.41) is 41.7. The molecule has 0 heterocycles. The van der Waals surface area contributed by atoms with Crippen LogP contribution in [0.3, 0.4) is 0 Å². The molecule has 0 fully saturated rings. The van der Waals surface area contributed by atoms with Gasteiger partial charge in [-0.15, -0.1) is 30.3 Å². The van der Waals surface area contributed by atoms with E-state index in [0.29, 0.717) is 13.2 Å². The second kappa shape index (κ2) is 14.9. The van der Waals surface area contributed by atoms with E-state index in [9.17, 15) is 30.3 Å². The number of hydrogen-bond donors (Lipinski definition) is 2. The first-order valence-electron chi connectivity index (χ1n) is 5.48. The summed E-state index contributed by atoms with van der Waals surface area (Å²) in [6, 6.07) is 0. The highest BCUT2D eigenvalue weighted by molar-refractivity contribution is 4.49. The molecule has 0 bridgehead atoms. The quantitative estimate of drug-likeness (QED) is 0.225. The SMILES string of the molecule is O=[N+]([O-])OCC(CO[N+](=O)[O-])O[N+](=O)[O-].OCCOCCO. The van der Waals surface area contributed by atoms with E-state index in [1.54, 1.807) is 0 Å². The van der Waals surface area contributed by atoms with Gasteiger partial charge in [-0.1, -0.05) is 0 Å². The first-order valence-corrected chi connectivity index (χ1v) is 5.48. The van der Waals surface area contributed by atoms with Crippen molar-refractivity contribution >= 4 is 0 Å². The Morgan fingerprint density at radius 3 is 1.50 bits per heavy atom. The number of rotatable bonds is 12. The number of ether oxygens (including phenoxy) is 1. The van der Waals surface area contributed by atoms with Gasteiger partial charge in [-0.3, -0.25) is 0 Å². The lowest BCUT2D eigenvalue weighted by Gasteiger charge is -2.11. The van der Waals surface area contributed by atoms with Crippen molar-refractivity contribution in [2.75, 3.05) is 39.6 Å². The highest BCUT2D eigenvalue weighted by Crippen LogP contribution is 1.96. The van der Waals surface area contributed by atoms with Crippen LogP contribution in [-0.4, -0.2) is 71.2 Å². The van der Waals surface area contributed by atoms with Gasteiger partial charge in [0.05, 0.1) is 26.4 Å². The molecule has 2 N–H and O–H groups in total. The monoisotopic (exact) mass is 333 g/mol. The van der Waals surface area contributed by atoms with Crippen LogP contribution in [0.2, 0.25) is 0 Å². The Hall–Kier alpha value is -2.52. The zero-order valence-corrected chi connectivity index (χ0v) is 11.1. The molecule has 0 spiro atoms. The molecule has 0 radical (unpaired) electrons. The highest BCUT2D eigenvalue weighted by atomic mass is 17.0. The van der Waals surface area contributed by atoms with Crippen molar-refractivity contribution in [3.05, 3.63) is 30.3 Å². The normalized spacial score (nSPS) is 9.41. The largest absolute Gasteiger partial charge is 0.394 e. The van der Waals surface area contributed by atoms with Crippen molar-refractivity contribution in [3.63, 3.8) is 0 Å². The van der Waals surface area contributed by atoms with E-state index in [-0.39, 0.29) is 13.2 Å². The summed E-state index contributed by atoms with van der Waals surface area (Å²) in [5.41, 5.74) is 0. The Balaban J connectivity index is 0. The molecule has 0 aliphatic rings. The van der Waals surface area contributed by atoms with Crippen molar-refractivity contribution in [2.45, 2.75) is 6.10 Å². The van der Waals surface area contributed by atoms with Crippen LogP contribution in [0.1, 0.15) is 0 Å². The van der Waals surface area contributed by atoms with Crippen molar-refractivity contribution in [2.24, 2.45) is 0 Å². The molecule has 15 heteroatoms. The average Bonchev–Trinajstić information content (AvgIpc) is 2.42. The van der Waals surface area contributed by atoms with Gasteiger partial charge in [0.2, 0.25) is 0 Å². The Bertz CT molecular complexity index is 304. The van der Waals surface area contributed by atoms with Crippen molar-refractivity contribution in [3.8, 4) is 0 Å². The highest BCUT2D eigenvalue weighted by Gasteiger charge is 2.17. The summed E-state index contributed by atoms with van der Waals surface area (Å²) in [6.07, 6.45) is -1.55. The molecule has 0 saturated carbocycles. The molecule has 0 aliphatic heterocycles. The minimum absolute atomic E-state index is 0.0278. The predicted molar refractivity (Wildman–Crippen MR) is 62.8 cm³/mol. The van der Waals surface area contributed by atoms with Gasteiger partial charge in [0.1, 0.15) is 13.2 Å². The first-order chi connectivity index (χ1) is 10.3. The van der Waals surface area contributed by atoms with E-state index in [0.717, 1.165) is 0 Å². The van der Waals surface area contributed by atoms with Crippen LogP contribution in [0, 0.1) is 30.3 Å². The van der Waals surface area contributed by atoms with Gasteiger partial charge < -0.3 is 29.5 Å². The molecule has 22 heavy (non-hydrogen) atoms. The van der Waals surface area contributed by atoms with Crippen LogP contribution >= 0.6 is 0 Å². The van der Waals surface area contributed by atoms with E-state index < -0.39 is 34.6 Å². The lowest BCUT2D eigenvalue weighted by Crippen LogP contribution is -2.30. The van der Waals surface area contributed by atoms with Crippen LogP contribution in [0.5, 0.6) is 0 Å². The fourth-order valence-corrected chi connectivity index (χ4v) is 0.750. The molecule has 15 nitrogen and oxygen atoms in total. The summed E-state index contributed by atoms with van der Waals surface area (Å²) >= 11 is 0. The zero-order valence-electron chi connectivity index (χ0n) is 11.1. The van der Waals surface area contributed by atoms with Crippen molar-refractivity contribution in [1.82, 2.24) is 0 Å². The van der Waals surface area contributed by atoms with Crippen LogP contribution in [-0.2, 0) is 19.2 Å². The summed E-state index contributed by atoms with van der Waals surface area (Å²) in [4.78, 5) is 40.5. The van der Waals surface area contributed by atoms with Gasteiger partial charge >= 0.3 is 0 Å². The fourth-order valence-electron chi connectivity index (χ4n) is 0.750. The molecule has 0 aromatic carbocycles. The average molecular weight is 333 g/mol. The second-order valence-corrected chi connectivity index (χ2v) is 3.05. The Morgan fingerprint density at radius 2 is 1.23 bits per heavy atom. The first kappa shape index (κ1) is 21.8. The Morgan fingerprint density at radius 1 is 0.818 bits per heavy atom. The molecule has 0 aromatic heterocycles. The van der Waals surface area contributed by atoms with Crippen LogP contribution < -0.4 is 0 Å². The number of aliphatic hydroxyl groups is 2. The van der Waals surface area contributed by atoms with E-state index in [1.165, 1.54) is 0 Å². The van der Waals surface area contributed by atoms with Gasteiger partial charge in [0.25, 0.3) is 15.3 Å². The van der Waals surface area contributed by atoms with Crippen LogP contribution in [0.4, 0.5) is 0 Å². The molecule has 130 valence electrons. The van der Waals surface area contributed by atoms with E-state index in [2.05, 4.69) is 19.2 Å². The lowest BCUT2D eigenvalue weighted by atomic mass is 10.4. The van der Waals surface area contributed by atoms with E-state index >= 15 is 0 Å². The van der Waals surface area contributed by atoms with Gasteiger partial charge in [-0.05, 0) is 0 Å². The summed E-state index contributed by atoms with van der Waals surface area (Å²) in [7, 11) is 0. The summed E-state index contributed by atoms with van der Waals surface area (Å²) in [5.74, 6) is 0. The molecule has 0 rings (SSSR count).